The van der Waals surface area contributed by atoms with E-state index in [1.54, 1.807) is 11.3 Å². The Labute approximate surface area is 289 Å². The molecule has 228 valence electrons. The molecule has 0 amide bonds. The molecule has 0 saturated heterocycles. The van der Waals surface area contributed by atoms with E-state index in [9.17, 15) is 0 Å². The maximum absolute atomic E-state index is 5.07. The van der Waals surface area contributed by atoms with Crippen molar-refractivity contribution in [2.24, 2.45) is 14.1 Å². The van der Waals surface area contributed by atoms with E-state index in [0.717, 1.165) is 82.3 Å². The first-order valence-corrected chi connectivity index (χ1v) is 15.7. The van der Waals surface area contributed by atoms with Gasteiger partial charge in [0, 0.05) is 71.4 Å². The molecule has 0 spiro atoms. The second kappa shape index (κ2) is 11.6. The summed E-state index contributed by atoms with van der Waals surface area (Å²) in [4.78, 5) is 18.8. The molecular formula is C38H25N7PtS. The van der Waals surface area contributed by atoms with Crippen LogP contribution in [0.5, 0.6) is 0 Å². The molecule has 9 heteroatoms. The average Bonchev–Trinajstić information content (AvgIpc) is 3.89. The van der Waals surface area contributed by atoms with Crippen LogP contribution in [0, 0.1) is 12.1 Å². The number of nitrogens with zero attached hydrogens (tertiary/aromatic N) is 7. The molecule has 0 unspecified atom stereocenters. The number of hydrogen-bond acceptors (Lipinski definition) is 5. The molecule has 7 nitrogen and oxygen atoms in total. The number of imidazole rings is 2. The minimum Gasteiger partial charge on any atom is -0.346 e. The van der Waals surface area contributed by atoms with Crippen molar-refractivity contribution in [2.45, 2.75) is 0 Å². The molecule has 0 aliphatic rings. The normalized spacial score (nSPS) is 11.4. The number of aryl methyl sites for hydroxylation is 2. The molecule has 0 atom stereocenters. The van der Waals surface area contributed by atoms with Gasteiger partial charge in [-0.2, -0.15) is 11.3 Å². The van der Waals surface area contributed by atoms with Crippen molar-refractivity contribution in [3.05, 3.63) is 128 Å². The first-order chi connectivity index (χ1) is 22.6. The number of benzene rings is 4. The fraction of sp³-hybridized carbons (Fsp3) is 0.0526. The van der Waals surface area contributed by atoms with Crippen LogP contribution < -0.4 is 0 Å². The van der Waals surface area contributed by atoms with Gasteiger partial charge >= 0.3 is 21.1 Å². The summed E-state index contributed by atoms with van der Waals surface area (Å²) in [7, 11) is 4.02. The Kier molecular flexibility index (Phi) is 7.20. The van der Waals surface area contributed by atoms with Gasteiger partial charge in [0.2, 0.25) is 0 Å². The summed E-state index contributed by atoms with van der Waals surface area (Å²) < 4.78 is 7.43. The van der Waals surface area contributed by atoms with Crippen LogP contribution in [-0.2, 0) is 35.2 Å². The number of fused-ring (bicyclic) bond motifs is 4. The maximum atomic E-state index is 5.07. The maximum Gasteiger partial charge on any atom is 2.00 e. The molecular weight excluding hydrogens is 782 g/mol. The van der Waals surface area contributed by atoms with E-state index in [-0.39, 0.29) is 21.1 Å². The van der Waals surface area contributed by atoms with Crippen LogP contribution in [0.3, 0.4) is 0 Å². The SMILES string of the molecule is Cn1ccnc1-c1ccc2sc(-c3[c-]c4c(cc3)c3cc(-c5nccn5C)ccc3n4-c3[c-]c(-c4ccccn4)ccc3)nc2c1.[Pt+2]. The predicted molar refractivity (Wildman–Crippen MR) is 185 cm³/mol. The molecule has 0 saturated carbocycles. The third-order valence-electron chi connectivity index (χ3n) is 8.41. The van der Waals surface area contributed by atoms with Crippen molar-refractivity contribution in [1.82, 2.24) is 33.6 Å². The Bertz CT molecular complexity index is 2570. The number of hydrogen-bond donors (Lipinski definition) is 0. The second-order valence-corrected chi connectivity index (χ2v) is 12.3. The smallest absolute Gasteiger partial charge is 0.346 e. The molecule has 47 heavy (non-hydrogen) atoms. The molecule has 9 aromatic rings. The number of aromatic nitrogens is 7. The number of thiazole rings is 1. The van der Waals surface area contributed by atoms with Crippen LogP contribution >= 0.6 is 11.3 Å². The summed E-state index contributed by atoms with van der Waals surface area (Å²) in [5, 5.41) is 3.15. The first-order valence-electron chi connectivity index (χ1n) is 14.9. The fourth-order valence-electron chi connectivity index (χ4n) is 6.19. The van der Waals surface area contributed by atoms with Crippen LogP contribution in [0.1, 0.15) is 0 Å². The van der Waals surface area contributed by atoms with Gasteiger partial charge in [-0.3, -0.25) is 4.98 Å². The van der Waals surface area contributed by atoms with Crippen LogP contribution in [0.2, 0.25) is 0 Å². The van der Waals surface area contributed by atoms with Gasteiger partial charge in [0.05, 0.1) is 5.52 Å². The largest absolute Gasteiger partial charge is 2.00 e. The van der Waals surface area contributed by atoms with Gasteiger partial charge in [0.15, 0.2) is 0 Å². The molecule has 0 fully saturated rings. The monoisotopic (exact) mass is 806 g/mol. The van der Waals surface area contributed by atoms with Crippen molar-refractivity contribution in [3.63, 3.8) is 0 Å². The van der Waals surface area contributed by atoms with E-state index >= 15 is 0 Å². The number of rotatable bonds is 5. The Hall–Kier alpha value is -5.17. The zero-order valence-electron chi connectivity index (χ0n) is 25.3. The van der Waals surface area contributed by atoms with E-state index in [1.165, 1.54) is 0 Å². The van der Waals surface area contributed by atoms with Crippen molar-refractivity contribution in [3.8, 4) is 50.3 Å². The summed E-state index contributed by atoms with van der Waals surface area (Å²) in [6.45, 7) is 0. The molecule has 0 aliphatic carbocycles. The quantitative estimate of drug-likeness (QED) is 0.164. The standard InChI is InChI=1S/C38H25N7S.Pt/c1-43-18-16-40-36(43)25-10-13-33-30(21-25)29-12-9-27(38-42-32-22-26(11-14-35(32)46-38)37-41-17-19-44(37)2)23-34(29)45(33)28-7-5-6-24(20-28)31-8-3-4-15-39-31;/h3-19,21-22H,1-2H3;/q-2;+2. The summed E-state index contributed by atoms with van der Waals surface area (Å²) in [6.07, 6.45) is 9.39. The summed E-state index contributed by atoms with van der Waals surface area (Å²) >= 11 is 1.67. The molecule has 0 bridgehead atoms. The molecule has 4 aromatic carbocycles. The minimum absolute atomic E-state index is 0. The topological polar surface area (TPSA) is 66.3 Å². The van der Waals surface area contributed by atoms with Crippen molar-refractivity contribution < 1.29 is 21.1 Å². The Morgan fingerprint density at radius 2 is 1.45 bits per heavy atom. The van der Waals surface area contributed by atoms with E-state index in [0.29, 0.717) is 0 Å². The van der Waals surface area contributed by atoms with Gasteiger partial charge in [-0.15, -0.1) is 53.6 Å². The van der Waals surface area contributed by atoms with Gasteiger partial charge in [-0.1, -0.05) is 23.6 Å². The Morgan fingerprint density at radius 3 is 2.19 bits per heavy atom. The molecule has 9 rings (SSSR count). The molecule has 0 aliphatic heterocycles. The Balaban J connectivity index is 0.00000324. The van der Waals surface area contributed by atoms with Gasteiger partial charge < -0.3 is 18.7 Å². The van der Waals surface area contributed by atoms with Crippen LogP contribution in [0.4, 0.5) is 0 Å². The third-order valence-corrected chi connectivity index (χ3v) is 9.48. The van der Waals surface area contributed by atoms with Crippen molar-refractivity contribution >= 4 is 43.4 Å². The summed E-state index contributed by atoms with van der Waals surface area (Å²) in [5.74, 6) is 1.84. The summed E-state index contributed by atoms with van der Waals surface area (Å²) in [5.41, 5.74) is 8.77. The average molecular weight is 807 g/mol. The Morgan fingerprint density at radius 1 is 0.660 bits per heavy atom. The summed E-state index contributed by atoms with van der Waals surface area (Å²) in [6, 6.07) is 36.8. The van der Waals surface area contributed by atoms with E-state index in [1.807, 2.05) is 78.5 Å². The van der Waals surface area contributed by atoms with Gasteiger partial charge in [0.25, 0.3) is 0 Å². The van der Waals surface area contributed by atoms with Crippen LogP contribution in [0.25, 0.3) is 82.3 Å². The molecule has 5 heterocycles. The zero-order chi connectivity index (χ0) is 30.8. The van der Waals surface area contributed by atoms with E-state index < -0.39 is 0 Å². The van der Waals surface area contributed by atoms with Crippen molar-refractivity contribution in [2.75, 3.05) is 0 Å². The van der Waals surface area contributed by atoms with Crippen LogP contribution in [0.15, 0.2) is 116 Å². The number of pyridine rings is 1. The second-order valence-electron chi connectivity index (χ2n) is 11.3. The van der Waals surface area contributed by atoms with Gasteiger partial charge in [0.1, 0.15) is 11.6 Å². The van der Waals surface area contributed by atoms with E-state index in [2.05, 4.69) is 92.3 Å². The fourth-order valence-corrected chi connectivity index (χ4v) is 7.11. The minimum atomic E-state index is 0. The van der Waals surface area contributed by atoms with E-state index in [4.69, 9.17) is 4.98 Å². The third kappa shape index (κ3) is 4.92. The zero-order valence-corrected chi connectivity index (χ0v) is 28.4. The van der Waals surface area contributed by atoms with Crippen LogP contribution in [-0.4, -0.2) is 33.6 Å². The molecule has 0 N–H and O–H groups in total. The van der Waals surface area contributed by atoms with Crippen molar-refractivity contribution in [1.29, 1.82) is 0 Å². The molecule has 0 radical (unpaired) electrons. The van der Waals surface area contributed by atoms with Gasteiger partial charge in [-0.05, 0) is 58.7 Å². The predicted octanol–water partition coefficient (Wildman–Crippen LogP) is 8.52. The van der Waals surface area contributed by atoms with Gasteiger partial charge in [-0.25, -0.2) is 9.97 Å². The molecule has 5 aromatic heterocycles. The first kappa shape index (κ1) is 29.2.